The van der Waals surface area contributed by atoms with Crippen LogP contribution in [-0.4, -0.2) is 23.9 Å². The van der Waals surface area contributed by atoms with Crippen LogP contribution in [0.3, 0.4) is 0 Å². The molecule has 2 aromatic carbocycles. The number of nitrogens with zero attached hydrogens (tertiary/aromatic N) is 1. The topological polar surface area (TPSA) is 20.3 Å². The van der Waals surface area contributed by atoms with E-state index in [9.17, 15) is 4.79 Å². The van der Waals surface area contributed by atoms with Gasteiger partial charge in [0, 0.05) is 25.4 Å². The van der Waals surface area contributed by atoms with Gasteiger partial charge >= 0.3 is 0 Å². The first-order chi connectivity index (χ1) is 14.3. The van der Waals surface area contributed by atoms with Gasteiger partial charge in [0.2, 0.25) is 5.91 Å². The van der Waals surface area contributed by atoms with Crippen LogP contribution in [0.4, 0.5) is 0 Å². The van der Waals surface area contributed by atoms with Crippen molar-refractivity contribution in [2.24, 2.45) is 0 Å². The quantitative estimate of drug-likeness (QED) is 0.311. The minimum absolute atomic E-state index is 0.124. The molecule has 1 amide bonds. The molecule has 0 unspecified atom stereocenters. The molecule has 2 rings (SSSR count). The van der Waals surface area contributed by atoms with Crippen LogP contribution in [-0.2, 0) is 4.79 Å². The molecule has 158 valence electrons. The summed E-state index contributed by atoms with van der Waals surface area (Å²) in [4.78, 5) is 15.5. The number of carbonyl (C=O) groups excluding carboxylic acids is 1. The van der Waals surface area contributed by atoms with Crippen LogP contribution in [0.15, 0.2) is 60.7 Å². The van der Waals surface area contributed by atoms with Crippen molar-refractivity contribution in [1.29, 1.82) is 0 Å². The van der Waals surface area contributed by atoms with E-state index in [1.165, 1.54) is 49.7 Å². The molecule has 0 aliphatic heterocycles. The number of benzene rings is 2. The van der Waals surface area contributed by atoms with Crippen LogP contribution >= 0.6 is 0 Å². The lowest BCUT2D eigenvalue weighted by Crippen LogP contribution is -2.34. The Hall–Kier alpha value is -2.09. The average molecular weight is 394 g/mol. The van der Waals surface area contributed by atoms with Gasteiger partial charge in [0.25, 0.3) is 0 Å². The van der Waals surface area contributed by atoms with Gasteiger partial charge in [-0.3, -0.25) is 4.79 Å². The van der Waals surface area contributed by atoms with E-state index >= 15 is 0 Å². The first-order valence-electron chi connectivity index (χ1n) is 11.6. The normalized spacial score (nSPS) is 11.0. The summed E-state index contributed by atoms with van der Waals surface area (Å²) in [6, 6.07) is 21.0. The summed E-state index contributed by atoms with van der Waals surface area (Å²) in [6.07, 6.45) is 10.2. The van der Waals surface area contributed by atoms with Crippen molar-refractivity contribution in [1.82, 2.24) is 4.90 Å². The minimum atomic E-state index is 0.124. The molecule has 0 saturated carbocycles. The van der Waals surface area contributed by atoms with E-state index in [1.54, 1.807) is 0 Å². The summed E-state index contributed by atoms with van der Waals surface area (Å²) in [5, 5.41) is 0. The van der Waals surface area contributed by atoms with Crippen LogP contribution < -0.4 is 0 Å². The fourth-order valence-corrected chi connectivity index (χ4v) is 3.92. The molecule has 0 saturated heterocycles. The second-order valence-corrected chi connectivity index (χ2v) is 8.08. The Morgan fingerprint density at radius 1 is 0.690 bits per heavy atom. The average Bonchev–Trinajstić information content (AvgIpc) is 2.77. The molecule has 2 heteroatoms. The highest BCUT2D eigenvalue weighted by Gasteiger charge is 2.21. The van der Waals surface area contributed by atoms with Gasteiger partial charge in [0.1, 0.15) is 0 Å². The predicted molar refractivity (Wildman–Crippen MR) is 124 cm³/mol. The number of hydrogen-bond acceptors (Lipinski definition) is 1. The van der Waals surface area contributed by atoms with Gasteiger partial charge in [-0.25, -0.2) is 0 Å². The zero-order valence-corrected chi connectivity index (χ0v) is 18.5. The van der Waals surface area contributed by atoms with Crippen LogP contribution in [0, 0.1) is 0 Å². The van der Waals surface area contributed by atoms with Crippen molar-refractivity contribution in [2.45, 2.75) is 77.6 Å². The Morgan fingerprint density at radius 2 is 1.14 bits per heavy atom. The van der Waals surface area contributed by atoms with Crippen LogP contribution in [0.25, 0.3) is 0 Å². The van der Waals surface area contributed by atoms with E-state index in [0.29, 0.717) is 12.3 Å². The van der Waals surface area contributed by atoms with Gasteiger partial charge in [0.15, 0.2) is 0 Å². The minimum Gasteiger partial charge on any atom is -0.343 e. The van der Waals surface area contributed by atoms with Gasteiger partial charge in [-0.1, -0.05) is 113 Å². The Morgan fingerprint density at radius 3 is 1.55 bits per heavy atom. The second-order valence-electron chi connectivity index (χ2n) is 8.08. The van der Waals surface area contributed by atoms with Crippen molar-refractivity contribution >= 4 is 5.91 Å². The zero-order valence-electron chi connectivity index (χ0n) is 18.5. The Balaban J connectivity index is 2.08. The lowest BCUT2D eigenvalue weighted by atomic mass is 9.88. The molecule has 0 aliphatic carbocycles. The second kappa shape index (κ2) is 14.0. The summed E-state index contributed by atoms with van der Waals surface area (Å²) in [7, 11) is 0. The molecule has 0 aliphatic rings. The standard InChI is InChI=1S/C27H39NO/c1-3-5-7-15-21-28(22-16-8-6-4-2)27(29)23-26(24-17-11-9-12-18-24)25-19-13-10-14-20-25/h9-14,17-20,26H,3-8,15-16,21-23H2,1-2H3. The number of carbonyl (C=O) groups is 1. The molecular formula is C27H39NO. The van der Waals surface area contributed by atoms with Crippen LogP contribution in [0.5, 0.6) is 0 Å². The van der Waals surface area contributed by atoms with Gasteiger partial charge in [-0.05, 0) is 24.0 Å². The number of rotatable bonds is 14. The molecule has 0 aromatic heterocycles. The third-order valence-corrected chi connectivity index (χ3v) is 5.70. The van der Waals surface area contributed by atoms with Crippen molar-refractivity contribution in [3.05, 3.63) is 71.8 Å². The molecule has 0 N–H and O–H groups in total. The van der Waals surface area contributed by atoms with E-state index in [4.69, 9.17) is 0 Å². The highest BCUT2D eigenvalue weighted by molar-refractivity contribution is 5.77. The Kier molecular flexibility index (Phi) is 11.2. The first kappa shape index (κ1) is 23.2. The summed E-state index contributed by atoms with van der Waals surface area (Å²) >= 11 is 0. The lowest BCUT2D eigenvalue weighted by molar-refractivity contribution is -0.131. The molecular weight excluding hydrogens is 354 g/mol. The SMILES string of the molecule is CCCCCCN(CCCCCC)C(=O)CC(c1ccccc1)c1ccccc1. The lowest BCUT2D eigenvalue weighted by Gasteiger charge is -2.26. The van der Waals surface area contributed by atoms with Gasteiger partial charge in [-0.15, -0.1) is 0 Å². The fraction of sp³-hybridized carbons (Fsp3) is 0.519. The molecule has 29 heavy (non-hydrogen) atoms. The third-order valence-electron chi connectivity index (χ3n) is 5.70. The van der Waals surface area contributed by atoms with Crippen LogP contribution in [0.2, 0.25) is 0 Å². The van der Waals surface area contributed by atoms with E-state index in [1.807, 2.05) is 12.1 Å². The molecule has 0 bridgehead atoms. The van der Waals surface area contributed by atoms with Gasteiger partial charge in [-0.2, -0.15) is 0 Å². The largest absolute Gasteiger partial charge is 0.343 e. The maximum absolute atomic E-state index is 13.4. The van der Waals surface area contributed by atoms with Gasteiger partial charge < -0.3 is 4.90 Å². The van der Waals surface area contributed by atoms with E-state index in [2.05, 4.69) is 67.3 Å². The first-order valence-corrected chi connectivity index (χ1v) is 11.6. The monoisotopic (exact) mass is 393 g/mol. The molecule has 0 spiro atoms. The van der Waals surface area contributed by atoms with E-state index in [0.717, 1.165) is 25.9 Å². The van der Waals surface area contributed by atoms with Crippen molar-refractivity contribution in [3.8, 4) is 0 Å². The summed E-state index contributed by atoms with van der Waals surface area (Å²) in [6.45, 7) is 6.28. The fourth-order valence-electron chi connectivity index (χ4n) is 3.92. The maximum atomic E-state index is 13.4. The summed E-state index contributed by atoms with van der Waals surface area (Å²) in [5.74, 6) is 0.425. The number of hydrogen-bond donors (Lipinski definition) is 0. The highest BCUT2D eigenvalue weighted by Crippen LogP contribution is 2.28. The number of amides is 1. The maximum Gasteiger partial charge on any atom is 0.223 e. The van der Waals surface area contributed by atoms with Crippen LogP contribution in [0.1, 0.15) is 88.7 Å². The Bertz CT molecular complexity index is 616. The smallest absolute Gasteiger partial charge is 0.223 e. The van der Waals surface area contributed by atoms with Crippen molar-refractivity contribution in [3.63, 3.8) is 0 Å². The highest BCUT2D eigenvalue weighted by atomic mass is 16.2. The van der Waals surface area contributed by atoms with E-state index < -0.39 is 0 Å². The van der Waals surface area contributed by atoms with Crippen molar-refractivity contribution < 1.29 is 4.79 Å². The molecule has 0 radical (unpaired) electrons. The number of unbranched alkanes of at least 4 members (excludes halogenated alkanes) is 6. The molecule has 2 nitrogen and oxygen atoms in total. The molecule has 2 aromatic rings. The predicted octanol–water partition coefficient (Wildman–Crippen LogP) is 7.20. The summed E-state index contributed by atoms with van der Waals surface area (Å²) < 4.78 is 0. The Labute approximate surface area is 178 Å². The summed E-state index contributed by atoms with van der Waals surface area (Å²) in [5.41, 5.74) is 2.45. The van der Waals surface area contributed by atoms with E-state index in [-0.39, 0.29) is 5.92 Å². The molecule has 0 fully saturated rings. The molecule has 0 atom stereocenters. The third kappa shape index (κ3) is 8.43. The van der Waals surface area contributed by atoms with Gasteiger partial charge in [0.05, 0.1) is 0 Å². The zero-order chi connectivity index (χ0) is 20.7. The molecule has 0 heterocycles. The van der Waals surface area contributed by atoms with Crippen molar-refractivity contribution in [2.75, 3.05) is 13.1 Å².